The number of anilines is 1. The van der Waals surface area contributed by atoms with Crippen LogP contribution in [-0.2, 0) is 4.74 Å². The van der Waals surface area contributed by atoms with E-state index >= 15 is 0 Å². The highest BCUT2D eigenvalue weighted by Crippen LogP contribution is 2.26. The Morgan fingerprint density at radius 3 is 2.59 bits per heavy atom. The minimum atomic E-state index is -0.444. The molecule has 0 aliphatic carbocycles. The molecular weight excluding hydrogens is 366 g/mol. The van der Waals surface area contributed by atoms with E-state index in [0.29, 0.717) is 18.7 Å². The number of rotatable bonds is 4. The number of pyridine rings is 1. The number of aromatic nitrogens is 3. The molecule has 1 unspecified atom stereocenters. The fourth-order valence-corrected chi connectivity index (χ4v) is 3.48. The summed E-state index contributed by atoms with van der Waals surface area (Å²) in [5.41, 5.74) is 10.4. The van der Waals surface area contributed by atoms with Gasteiger partial charge >= 0.3 is 0 Å². The van der Waals surface area contributed by atoms with E-state index in [2.05, 4.69) is 19.9 Å². The molecular formula is C22H23N5O2. The van der Waals surface area contributed by atoms with Gasteiger partial charge in [0, 0.05) is 35.3 Å². The third-order valence-corrected chi connectivity index (χ3v) is 4.92. The first kappa shape index (κ1) is 19.0. The maximum absolute atomic E-state index is 11.4. The molecule has 1 aliphatic rings. The van der Waals surface area contributed by atoms with Gasteiger partial charge in [-0.05, 0) is 43.7 Å². The quantitative estimate of drug-likeness (QED) is 0.737. The summed E-state index contributed by atoms with van der Waals surface area (Å²) >= 11 is 0. The standard InChI is InChI=1S/C22H23N5O2/c1-14-10-15(2)26-22(25-14)27-8-9-29-20(13-27)19-7-6-18(12-24-19)16-4-3-5-17(11-16)21(23)28/h3-7,10-12,20H,8-9,13H2,1-2H3,(H2,23,28). The van der Waals surface area contributed by atoms with Crippen molar-refractivity contribution in [1.82, 2.24) is 15.0 Å². The normalized spacial score (nSPS) is 16.6. The maximum atomic E-state index is 11.4. The first-order valence-corrected chi connectivity index (χ1v) is 9.54. The smallest absolute Gasteiger partial charge is 0.248 e. The molecule has 1 atom stereocenters. The highest BCUT2D eigenvalue weighted by atomic mass is 16.5. The second-order valence-corrected chi connectivity index (χ2v) is 7.17. The highest BCUT2D eigenvalue weighted by Gasteiger charge is 2.25. The number of amides is 1. The van der Waals surface area contributed by atoms with Gasteiger partial charge in [0.1, 0.15) is 6.10 Å². The summed E-state index contributed by atoms with van der Waals surface area (Å²) in [6.45, 7) is 5.93. The molecule has 0 saturated carbocycles. The van der Waals surface area contributed by atoms with Gasteiger partial charge in [0.2, 0.25) is 11.9 Å². The molecule has 2 aromatic heterocycles. The molecule has 0 radical (unpaired) electrons. The Morgan fingerprint density at radius 2 is 1.90 bits per heavy atom. The molecule has 3 heterocycles. The summed E-state index contributed by atoms with van der Waals surface area (Å²) in [4.78, 5) is 27.3. The Balaban J connectivity index is 1.53. The molecule has 29 heavy (non-hydrogen) atoms. The fraction of sp³-hybridized carbons (Fsp3) is 0.273. The zero-order valence-corrected chi connectivity index (χ0v) is 16.5. The predicted octanol–water partition coefficient (Wildman–Crippen LogP) is 2.83. The first-order chi connectivity index (χ1) is 14.0. The molecule has 1 fully saturated rings. The van der Waals surface area contributed by atoms with Crippen LogP contribution in [0.3, 0.4) is 0 Å². The van der Waals surface area contributed by atoms with Gasteiger partial charge in [-0.1, -0.05) is 18.2 Å². The number of hydrogen-bond acceptors (Lipinski definition) is 6. The van der Waals surface area contributed by atoms with E-state index in [1.807, 2.05) is 44.2 Å². The van der Waals surface area contributed by atoms with Gasteiger partial charge in [0.25, 0.3) is 0 Å². The van der Waals surface area contributed by atoms with Gasteiger partial charge in [-0.2, -0.15) is 0 Å². The van der Waals surface area contributed by atoms with Crippen LogP contribution in [-0.4, -0.2) is 40.6 Å². The zero-order valence-electron chi connectivity index (χ0n) is 16.5. The third-order valence-electron chi connectivity index (χ3n) is 4.92. The van der Waals surface area contributed by atoms with Gasteiger partial charge in [-0.15, -0.1) is 0 Å². The molecule has 1 aromatic carbocycles. The van der Waals surface area contributed by atoms with Crippen LogP contribution in [0.1, 0.15) is 33.5 Å². The minimum Gasteiger partial charge on any atom is -0.368 e. The first-order valence-electron chi connectivity index (χ1n) is 9.54. The summed E-state index contributed by atoms with van der Waals surface area (Å²) < 4.78 is 5.95. The van der Waals surface area contributed by atoms with E-state index in [0.717, 1.165) is 40.7 Å². The van der Waals surface area contributed by atoms with Crippen LogP contribution in [0.2, 0.25) is 0 Å². The van der Waals surface area contributed by atoms with Crippen molar-refractivity contribution in [3.05, 3.63) is 71.3 Å². The fourth-order valence-electron chi connectivity index (χ4n) is 3.48. The lowest BCUT2D eigenvalue weighted by atomic mass is 10.0. The van der Waals surface area contributed by atoms with E-state index < -0.39 is 5.91 Å². The van der Waals surface area contributed by atoms with Crippen LogP contribution in [0.4, 0.5) is 5.95 Å². The topological polar surface area (TPSA) is 94.2 Å². The molecule has 3 aromatic rings. The number of nitrogens with zero attached hydrogens (tertiary/aromatic N) is 4. The van der Waals surface area contributed by atoms with Crippen LogP contribution >= 0.6 is 0 Å². The van der Waals surface area contributed by atoms with Crippen molar-refractivity contribution in [3.8, 4) is 11.1 Å². The molecule has 1 amide bonds. The SMILES string of the molecule is Cc1cc(C)nc(N2CCOC(c3ccc(-c4cccc(C(N)=O)c4)cn3)C2)n1. The lowest BCUT2D eigenvalue weighted by Crippen LogP contribution is -2.39. The molecule has 148 valence electrons. The van der Waals surface area contributed by atoms with Crippen molar-refractivity contribution < 1.29 is 9.53 Å². The average molecular weight is 389 g/mol. The number of primary amides is 1. The highest BCUT2D eigenvalue weighted by molar-refractivity contribution is 5.94. The molecule has 2 N–H and O–H groups in total. The van der Waals surface area contributed by atoms with E-state index in [1.165, 1.54) is 0 Å². The van der Waals surface area contributed by atoms with Gasteiger partial charge in [-0.3, -0.25) is 9.78 Å². The Labute approximate surface area is 169 Å². The number of morpholine rings is 1. The monoisotopic (exact) mass is 389 g/mol. The van der Waals surface area contributed by atoms with Crippen LogP contribution in [0, 0.1) is 13.8 Å². The van der Waals surface area contributed by atoms with Crippen molar-refractivity contribution in [2.45, 2.75) is 20.0 Å². The molecule has 1 saturated heterocycles. The van der Waals surface area contributed by atoms with Crippen molar-refractivity contribution in [1.29, 1.82) is 0 Å². The molecule has 7 heteroatoms. The largest absolute Gasteiger partial charge is 0.368 e. The van der Waals surface area contributed by atoms with Gasteiger partial charge in [-0.25, -0.2) is 9.97 Å². The van der Waals surface area contributed by atoms with E-state index in [4.69, 9.17) is 10.5 Å². The second-order valence-electron chi connectivity index (χ2n) is 7.17. The summed E-state index contributed by atoms with van der Waals surface area (Å²) in [5, 5.41) is 0. The predicted molar refractivity (Wildman–Crippen MR) is 111 cm³/mol. The van der Waals surface area contributed by atoms with Gasteiger partial charge in [0.05, 0.1) is 18.8 Å². The number of nitrogens with two attached hydrogens (primary N) is 1. The van der Waals surface area contributed by atoms with E-state index in [9.17, 15) is 4.79 Å². The number of hydrogen-bond donors (Lipinski definition) is 1. The third kappa shape index (κ3) is 4.25. The van der Waals surface area contributed by atoms with Crippen molar-refractivity contribution in [2.24, 2.45) is 5.73 Å². The maximum Gasteiger partial charge on any atom is 0.248 e. The molecule has 1 aliphatic heterocycles. The van der Waals surface area contributed by atoms with Gasteiger partial charge in [0.15, 0.2) is 0 Å². The van der Waals surface area contributed by atoms with Crippen LogP contribution < -0.4 is 10.6 Å². The Bertz CT molecular complexity index is 1020. The van der Waals surface area contributed by atoms with Gasteiger partial charge < -0.3 is 15.4 Å². The van der Waals surface area contributed by atoms with E-state index in [-0.39, 0.29) is 6.10 Å². The number of carbonyl (C=O) groups is 1. The summed E-state index contributed by atoms with van der Waals surface area (Å²) in [6.07, 6.45) is 1.64. The number of carbonyl (C=O) groups excluding carboxylic acids is 1. The molecule has 0 bridgehead atoms. The van der Waals surface area contributed by atoms with E-state index in [1.54, 1.807) is 18.3 Å². The van der Waals surface area contributed by atoms with Crippen molar-refractivity contribution in [2.75, 3.05) is 24.6 Å². The second kappa shape index (κ2) is 7.97. The Hall–Kier alpha value is -3.32. The average Bonchev–Trinajstić information content (AvgIpc) is 2.73. The zero-order chi connectivity index (χ0) is 20.4. The molecule has 0 spiro atoms. The summed E-state index contributed by atoms with van der Waals surface area (Å²) in [6, 6.07) is 13.1. The van der Waals surface area contributed by atoms with Crippen LogP contribution in [0.5, 0.6) is 0 Å². The Kier molecular flexibility index (Phi) is 5.22. The van der Waals surface area contributed by atoms with Crippen LogP contribution in [0.25, 0.3) is 11.1 Å². The molecule has 7 nitrogen and oxygen atoms in total. The number of benzene rings is 1. The summed E-state index contributed by atoms with van der Waals surface area (Å²) in [7, 11) is 0. The van der Waals surface area contributed by atoms with Crippen LogP contribution in [0.15, 0.2) is 48.7 Å². The summed E-state index contributed by atoms with van der Waals surface area (Å²) in [5.74, 6) is 0.288. The van der Waals surface area contributed by atoms with Crippen molar-refractivity contribution >= 4 is 11.9 Å². The Morgan fingerprint density at radius 1 is 1.10 bits per heavy atom. The number of aryl methyl sites for hydroxylation is 2. The number of ether oxygens (including phenoxy) is 1. The lowest BCUT2D eigenvalue weighted by Gasteiger charge is -2.33. The molecule has 4 rings (SSSR count). The lowest BCUT2D eigenvalue weighted by molar-refractivity contribution is 0.0364. The van der Waals surface area contributed by atoms with Crippen molar-refractivity contribution in [3.63, 3.8) is 0 Å². The minimum absolute atomic E-state index is 0.154.